The molecule has 0 saturated heterocycles. The van der Waals surface area contributed by atoms with Crippen molar-refractivity contribution in [1.82, 2.24) is 0 Å². The lowest BCUT2D eigenvalue weighted by molar-refractivity contribution is -0.493. The molecular weight excluding hydrogens is 262 g/mol. The van der Waals surface area contributed by atoms with Crippen LogP contribution < -0.4 is 0 Å². The van der Waals surface area contributed by atoms with Crippen LogP contribution in [0.4, 0.5) is 0 Å². The summed E-state index contributed by atoms with van der Waals surface area (Å²) in [6.07, 6.45) is -6.64. The third kappa shape index (κ3) is 5.76. The maximum atomic E-state index is 10.3. The molecule has 0 spiro atoms. The quantitative estimate of drug-likeness (QED) is 0.310. The summed E-state index contributed by atoms with van der Waals surface area (Å²) in [5.74, 6) is 0. The van der Waals surface area contributed by atoms with Gasteiger partial charge in [-0.25, -0.2) is 0 Å². The monoisotopic (exact) mass is 283 g/mol. The van der Waals surface area contributed by atoms with Gasteiger partial charge < -0.3 is 29.5 Å². The first kappa shape index (κ1) is 18.2. The van der Waals surface area contributed by atoms with Gasteiger partial charge in [0.25, 0.3) is 0 Å². The Bertz CT molecular complexity index is 264. The molecule has 0 heterocycles. The number of ether oxygens (including phenoxy) is 3. The fourth-order valence-corrected chi connectivity index (χ4v) is 1.64. The number of methoxy groups -OCH3 is 3. The number of rotatable bonds is 10. The maximum absolute atomic E-state index is 10.3. The fraction of sp³-hybridized carbons (Fsp3) is 1.00. The summed E-state index contributed by atoms with van der Waals surface area (Å²) >= 11 is 0. The number of nitrogens with zero attached hydrogens (tertiary/aromatic N) is 1. The van der Waals surface area contributed by atoms with Crippen LogP contribution in [0.5, 0.6) is 0 Å². The minimum atomic E-state index is -1.66. The van der Waals surface area contributed by atoms with Crippen molar-refractivity contribution >= 4 is 0 Å². The van der Waals surface area contributed by atoms with Crippen LogP contribution >= 0.6 is 0 Å². The molecule has 19 heavy (non-hydrogen) atoms. The van der Waals surface area contributed by atoms with Crippen LogP contribution in [0, 0.1) is 10.1 Å². The van der Waals surface area contributed by atoms with Gasteiger partial charge in [0.05, 0.1) is 6.61 Å². The van der Waals surface area contributed by atoms with E-state index in [1.807, 2.05) is 0 Å². The van der Waals surface area contributed by atoms with E-state index >= 15 is 0 Å². The topological polar surface area (TPSA) is 132 Å². The predicted octanol–water partition coefficient (Wildman–Crippen LogP) is -1.98. The van der Waals surface area contributed by atoms with E-state index in [1.165, 1.54) is 21.3 Å². The third-order valence-electron chi connectivity index (χ3n) is 2.69. The summed E-state index contributed by atoms with van der Waals surface area (Å²) in [5.41, 5.74) is 0. The summed E-state index contributed by atoms with van der Waals surface area (Å²) in [6.45, 7) is -0.814. The van der Waals surface area contributed by atoms with Gasteiger partial charge in [-0.15, -0.1) is 0 Å². The Hall–Kier alpha value is -0.840. The maximum Gasteiger partial charge on any atom is 0.232 e. The third-order valence-corrected chi connectivity index (χ3v) is 2.69. The Morgan fingerprint density at radius 3 is 2.05 bits per heavy atom. The van der Waals surface area contributed by atoms with E-state index in [4.69, 9.17) is 14.2 Å². The van der Waals surface area contributed by atoms with Crippen molar-refractivity contribution in [2.24, 2.45) is 0 Å². The Kier molecular flexibility index (Phi) is 8.72. The summed E-state index contributed by atoms with van der Waals surface area (Å²) in [7, 11) is 3.94. The van der Waals surface area contributed by atoms with Gasteiger partial charge in [-0.3, -0.25) is 10.1 Å². The molecule has 0 fully saturated rings. The lowest BCUT2D eigenvalue weighted by Crippen LogP contribution is -2.52. The lowest BCUT2D eigenvalue weighted by Gasteiger charge is -2.31. The molecule has 5 atom stereocenters. The Morgan fingerprint density at radius 2 is 1.68 bits per heavy atom. The molecule has 0 unspecified atom stereocenters. The van der Waals surface area contributed by atoms with E-state index in [9.17, 15) is 25.4 Å². The molecule has 9 heteroatoms. The normalized spacial score (nSPS) is 19.5. The smallest absolute Gasteiger partial charge is 0.232 e. The molecule has 0 aliphatic heterocycles. The molecule has 0 aromatic carbocycles. The molecular formula is C10H21NO8. The van der Waals surface area contributed by atoms with Crippen LogP contribution in [0.3, 0.4) is 0 Å². The molecule has 114 valence electrons. The van der Waals surface area contributed by atoms with Crippen LogP contribution in [-0.2, 0) is 14.2 Å². The Labute approximate surface area is 110 Å². The van der Waals surface area contributed by atoms with Crippen molar-refractivity contribution in [3.8, 4) is 0 Å². The fourth-order valence-electron chi connectivity index (χ4n) is 1.64. The summed E-state index contributed by atoms with van der Waals surface area (Å²) in [5, 5.41) is 39.5. The number of hydrogen-bond acceptors (Lipinski definition) is 8. The minimum absolute atomic E-state index is 0.0373. The molecule has 0 rings (SSSR count). The Morgan fingerprint density at radius 1 is 1.11 bits per heavy atom. The standard InChI is InChI=1S/C10H21NO8/c1-17-5-7(18-2)9(14)10(19-3)8(13)6(12)4-11(15)16/h6-10,12-14H,4-5H2,1-3H3/t6-,7+,8-,9-,10+/m0/s1. The molecule has 0 amide bonds. The zero-order valence-electron chi connectivity index (χ0n) is 11.1. The predicted molar refractivity (Wildman–Crippen MR) is 63.4 cm³/mol. The molecule has 0 saturated carbocycles. The number of aliphatic hydroxyl groups excluding tert-OH is 3. The highest BCUT2D eigenvalue weighted by Crippen LogP contribution is 2.14. The second kappa shape index (κ2) is 9.13. The van der Waals surface area contributed by atoms with Crippen molar-refractivity contribution in [2.45, 2.75) is 30.5 Å². The first-order valence-corrected chi connectivity index (χ1v) is 5.59. The van der Waals surface area contributed by atoms with Gasteiger partial charge in [0.15, 0.2) is 0 Å². The van der Waals surface area contributed by atoms with Crippen molar-refractivity contribution in [2.75, 3.05) is 34.5 Å². The van der Waals surface area contributed by atoms with Crippen LogP contribution in [-0.4, -0.2) is 85.2 Å². The van der Waals surface area contributed by atoms with Gasteiger partial charge in [0, 0.05) is 26.3 Å². The average Bonchev–Trinajstić information content (AvgIpc) is 2.35. The minimum Gasteiger partial charge on any atom is -0.387 e. The van der Waals surface area contributed by atoms with Crippen LogP contribution in [0.15, 0.2) is 0 Å². The highest BCUT2D eigenvalue weighted by Gasteiger charge is 2.38. The SMILES string of the molecule is COC[C@@H](OC)[C@H](O)[C@H](OC)[C@@H](O)[C@@H](O)C[N+](=O)[O-]. The van der Waals surface area contributed by atoms with Gasteiger partial charge in [-0.1, -0.05) is 0 Å². The zero-order chi connectivity index (χ0) is 15.0. The number of nitro groups is 1. The van der Waals surface area contributed by atoms with Gasteiger partial charge in [0.2, 0.25) is 6.54 Å². The van der Waals surface area contributed by atoms with Gasteiger partial charge >= 0.3 is 0 Å². The number of aliphatic hydroxyl groups is 3. The average molecular weight is 283 g/mol. The van der Waals surface area contributed by atoms with E-state index in [1.54, 1.807) is 0 Å². The highest BCUT2D eigenvalue weighted by molar-refractivity contribution is 4.86. The van der Waals surface area contributed by atoms with E-state index in [0.717, 1.165) is 0 Å². The molecule has 3 N–H and O–H groups in total. The second-order valence-corrected chi connectivity index (χ2v) is 3.99. The molecule has 0 aromatic rings. The molecule has 0 aromatic heterocycles. The first-order chi connectivity index (χ1) is 8.88. The lowest BCUT2D eigenvalue weighted by atomic mass is 9.99. The van der Waals surface area contributed by atoms with E-state index < -0.39 is 42.0 Å². The number of hydrogen-bond donors (Lipinski definition) is 3. The zero-order valence-corrected chi connectivity index (χ0v) is 11.1. The summed E-state index contributed by atoms with van der Waals surface area (Å²) in [4.78, 5) is 9.51. The molecule has 0 aliphatic carbocycles. The van der Waals surface area contributed by atoms with Crippen LogP contribution in [0.1, 0.15) is 0 Å². The molecule has 0 bridgehead atoms. The summed E-state index contributed by atoms with van der Waals surface area (Å²) in [6, 6.07) is 0. The van der Waals surface area contributed by atoms with Crippen molar-refractivity contribution in [3.05, 3.63) is 10.1 Å². The van der Waals surface area contributed by atoms with E-state index in [2.05, 4.69) is 0 Å². The molecule has 0 aliphatic rings. The van der Waals surface area contributed by atoms with Gasteiger partial charge in [-0.05, 0) is 0 Å². The summed E-state index contributed by atoms with van der Waals surface area (Å²) < 4.78 is 14.7. The van der Waals surface area contributed by atoms with E-state index in [0.29, 0.717) is 0 Å². The van der Waals surface area contributed by atoms with Crippen molar-refractivity contribution < 1.29 is 34.5 Å². The van der Waals surface area contributed by atoms with Crippen LogP contribution in [0.25, 0.3) is 0 Å². The highest BCUT2D eigenvalue weighted by atomic mass is 16.6. The molecule has 9 nitrogen and oxygen atoms in total. The van der Waals surface area contributed by atoms with Crippen molar-refractivity contribution in [3.63, 3.8) is 0 Å². The second-order valence-electron chi connectivity index (χ2n) is 3.99. The van der Waals surface area contributed by atoms with Gasteiger partial charge in [-0.2, -0.15) is 0 Å². The largest absolute Gasteiger partial charge is 0.387 e. The Balaban J connectivity index is 4.72. The van der Waals surface area contributed by atoms with Crippen molar-refractivity contribution in [1.29, 1.82) is 0 Å². The van der Waals surface area contributed by atoms with Gasteiger partial charge in [0.1, 0.15) is 30.5 Å². The van der Waals surface area contributed by atoms with Crippen LogP contribution in [0.2, 0.25) is 0 Å². The first-order valence-electron chi connectivity index (χ1n) is 5.59. The van der Waals surface area contributed by atoms with E-state index in [-0.39, 0.29) is 6.61 Å². The molecule has 0 radical (unpaired) electrons.